The van der Waals surface area contributed by atoms with Crippen LogP contribution < -0.4 is 0 Å². The fraction of sp³-hybridized carbons (Fsp3) is 0.750. The molecular formula is C12H22O4. The van der Waals surface area contributed by atoms with Crippen molar-refractivity contribution in [1.82, 2.24) is 0 Å². The molecule has 16 heavy (non-hydrogen) atoms. The molecule has 0 saturated carbocycles. The number of esters is 1. The van der Waals surface area contributed by atoms with Crippen LogP contribution >= 0.6 is 0 Å². The molecule has 0 aromatic carbocycles. The zero-order valence-electron chi connectivity index (χ0n) is 10.6. The Morgan fingerprint density at radius 2 is 2.06 bits per heavy atom. The molecule has 1 unspecified atom stereocenters. The fourth-order valence-electron chi connectivity index (χ4n) is 1.15. The Hall–Kier alpha value is -0.870. The van der Waals surface area contributed by atoms with Crippen molar-refractivity contribution in [1.29, 1.82) is 0 Å². The number of carbonyl (C=O) groups is 1. The van der Waals surface area contributed by atoms with Gasteiger partial charge in [-0.05, 0) is 26.3 Å². The summed E-state index contributed by atoms with van der Waals surface area (Å²) in [5.74, 6) is -0.288. The lowest BCUT2D eigenvalue weighted by molar-refractivity contribution is -0.136. The van der Waals surface area contributed by atoms with Gasteiger partial charge in [-0.15, -0.1) is 0 Å². The summed E-state index contributed by atoms with van der Waals surface area (Å²) in [5.41, 5.74) is 0.645. The van der Waals surface area contributed by atoms with E-state index in [0.717, 1.165) is 0 Å². The lowest BCUT2D eigenvalue weighted by Gasteiger charge is -2.11. The number of hydrogen-bond donors (Lipinski definition) is 0. The Morgan fingerprint density at radius 3 is 2.56 bits per heavy atom. The summed E-state index contributed by atoms with van der Waals surface area (Å²) in [6, 6.07) is 0. The van der Waals surface area contributed by atoms with Gasteiger partial charge in [-0.1, -0.05) is 6.92 Å². The van der Waals surface area contributed by atoms with Crippen LogP contribution in [-0.2, 0) is 19.0 Å². The molecule has 94 valence electrons. The Morgan fingerprint density at radius 1 is 1.38 bits per heavy atom. The first-order valence-electron chi connectivity index (χ1n) is 5.62. The van der Waals surface area contributed by atoms with Gasteiger partial charge in [0, 0.05) is 12.2 Å². The molecule has 0 N–H and O–H groups in total. The molecule has 0 aliphatic carbocycles. The number of methoxy groups -OCH3 is 1. The van der Waals surface area contributed by atoms with E-state index in [-0.39, 0.29) is 12.1 Å². The van der Waals surface area contributed by atoms with E-state index in [4.69, 9.17) is 9.47 Å². The van der Waals surface area contributed by atoms with Gasteiger partial charge < -0.3 is 14.2 Å². The van der Waals surface area contributed by atoms with E-state index >= 15 is 0 Å². The highest BCUT2D eigenvalue weighted by Crippen LogP contribution is 2.03. The van der Waals surface area contributed by atoms with E-state index in [1.807, 2.05) is 20.8 Å². The molecule has 0 amide bonds. The maximum Gasteiger partial charge on any atom is 0.333 e. The maximum absolute atomic E-state index is 11.2. The number of hydrogen-bond acceptors (Lipinski definition) is 4. The van der Waals surface area contributed by atoms with E-state index in [2.05, 4.69) is 4.74 Å². The number of ether oxygens (including phenoxy) is 3. The summed E-state index contributed by atoms with van der Waals surface area (Å²) in [6.45, 7) is 7.46. The Balaban J connectivity index is 3.91. The predicted molar refractivity (Wildman–Crippen MR) is 62.3 cm³/mol. The molecule has 4 nitrogen and oxygen atoms in total. The summed E-state index contributed by atoms with van der Waals surface area (Å²) in [4.78, 5) is 11.2. The van der Waals surface area contributed by atoms with Crippen molar-refractivity contribution in [2.45, 2.75) is 33.3 Å². The van der Waals surface area contributed by atoms with E-state index < -0.39 is 0 Å². The maximum atomic E-state index is 11.2. The highest BCUT2D eigenvalue weighted by Gasteiger charge is 2.06. The first kappa shape index (κ1) is 15.1. The minimum Gasteiger partial charge on any atom is -0.466 e. The van der Waals surface area contributed by atoms with Gasteiger partial charge in [-0.2, -0.15) is 0 Å². The minimum atomic E-state index is -0.288. The molecule has 0 aliphatic heterocycles. The molecule has 0 bridgehead atoms. The predicted octanol–water partition coefficient (Wildman–Crippen LogP) is 1.94. The zero-order valence-corrected chi connectivity index (χ0v) is 10.6. The van der Waals surface area contributed by atoms with Gasteiger partial charge in [0.25, 0.3) is 0 Å². The van der Waals surface area contributed by atoms with Gasteiger partial charge in [-0.25, -0.2) is 4.79 Å². The van der Waals surface area contributed by atoms with Crippen molar-refractivity contribution in [3.8, 4) is 0 Å². The quantitative estimate of drug-likeness (QED) is 0.472. The van der Waals surface area contributed by atoms with Gasteiger partial charge >= 0.3 is 5.97 Å². The second-order valence-electron chi connectivity index (χ2n) is 3.38. The second-order valence-corrected chi connectivity index (χ2v) is 3.38. The topological polar surface area (TPSA) is 44.8 Å². The Bertz CT molecular complexity index is 223. The third kappa shape index (κ3) is 6.58. The molecule has 0 heterocycles. The van der Waals surface area contributed by atoms with Crippen LogP contribution in [-0.4, -0.2) is 39.0 Å². The summed E-state index contributed by atoms with van der Waals surface area (Å²) in [7, 11) is 1.38. The first-order chi connectivity index (χ1) is 7.65. The van der Waals surface area contributed by atoms with Crippen LogP contribution in [0.5, 0.6) is 0 Å². The van der Waals surface area contributed by atoms with Crippen LogP contribution in [0.15, 0.2) is 11.6 Å². The van der Waals surface area contributed by atoms with Crippen LogP contribution in [0.4, 0.5) is 0 Å². The van der Waals surface area contributed by atoms with Crippen LogP contribution in [0.2, 0.25) is 0 Å². The average molecular weight is 230 g/mol. The van der Waals surface area contributed by atoms with Gasteiger partial charge in [0.2, 0.25) is 0 Å². The highest BCUT2D eigenvalue weighted by molar-refractivity contribution is 5.88. The smallest absolute Gasteiger partial charge is 0.333 e. The van der Waals surface area contributed by atoms with E-state index in [0.29, 0.717) is 31.8 Å². The third-order valence-electron chi connectivity index (χ3n) is 2.10. The monoisotopic (exact) mass is 230 g/mol. The first-order valence-corrected chi connectivity index (χ1v) is 5.62. The molecule has 0 radical (unpaired) electrons. The molecule has 1 atom stereocenters. The van der Waals surface area contributed by atoms with Crippen molar-refractivity contribution in [2.75, 3.05) is 26.9 Å². The van der Waals surface area contributed by atoms with Crippen LogP contribution in [0, 0.1) is 0 Å². The molecule has 0 spiro atoms. The van der Waals surface area contributed by atoms with E-state index in [1.54, 1.807) is 6.08 Å². The molecule has 0 aliphatic rings. The summed E-state index contributed by atoms with van der Waals surface area (Å²) in [5, 5.41) is 0. The molecule has 0 fully saturated rings. The third-order valence-corrected chi connectivity index (χ3v) is 2.10. The lowest BCUT2D eigenvalue weighted by Crippen LogP contribution is -2.16. The van der Waals surface area contributed by atoms with Gasteiger partial charge in [0.15, 0.2) is 0 Å². The van der Waals surface area contributed by atoms with Crippen molar-refractivity contribution < 1.29 is 19.0 Å². The van der Waals surface area contributed by atoms with Gasteiger partial charge in [-0.3, -0.25) is 0 Å². The molecule has 0 aromatic rings. The summed E-state index contributed by atoms with van der Waals surface area (Å²) >= 11 is 0. The lowest BCUT2D eigenvalue weighted by atomic mass is 10.2. The van der Waals surface area contributed by atoms with Crippen molar-refractivity contribution in [3.05, 3.63) is 11.6 Å². The standard InChI is InChI=1S/C12H22O4/c1-5-11(12(13)14-4)7-8-16-10(3)9-15-6-2/h7,10H,5-6,8-9H2,1-4H3/b11-7-. The molecule has 0 saturated heterocycles. The Labute approximate surface area is 97.6 Å². The SMILES string of the molecule is CCOCC(C)OC/C=C(/CC)C(=O)OC. The van der Waals surface area contributed by atoms with Crippen molar-refractivity contribution in [2.24, 2.45) is 0 Å². The molecule has 0 rings (SSSR count). The average Bonchev–Trinajstić information content (AvgIpc) is 2.31. The van der Waals surface area contributed by atoms with Gasteiger partial charge in [0.05, 0.1) is 26.4 Å². The number of rotatable bonds is 8. The molecular weight excluding hydrogens is 208 g/mol. The summed E-state index contributed by atoms with van der Waals surface area (Å²) < 4.78 is 15.3. The van der Waals surface area contributed by atoms with Crippen molar-refractivity contribution in [3.63, 3.8) is 0 Å². The largest absolute Gasteiger partial charge is 0.466 e. The normalized spacial score (nSPS) is 13.6. The fourth-order valence-corrected chi connectivity index (χ4v) is 1.15. The van der Waals surface area contributed by atoms with Crippen LogP contribution in [0.3, 0.4) is 0 Å². The van der Waals surface area contributed by atoms with Gasteiger partial charge in [0.1, 0.15) is 0 Å². The van der Waals surface area contributed by atoms with Crippen LogP contribution in [0.1, 0.15) is 27.2 Å². The van der Waals surface area contributed by atoms with E-state index in [1.165, 1.54) is 7.11 Å². The zero-order chi connectivity index (χ0) is 12.4. The molecule has 0 aromatic heterocycles. The highest BCUT2D eigenvalue weighted by atomic mass is 16.5. The molecule has 4 heteroatoms. The summed E-state index contributed by atoms with van der Waals surface area (Å²) in [6.07, 6.45) is 2.44. The van der Waals surface area contributed by atoms with Crippen molar-refractivity contribution >= 4 is 5.97 Å². The minimum absolute atomic E-state index is 0.0342. The van der Waals surface area contributed by atoms with E-state index in [9.17, 15) is 4.79 Å². The van der Waals surface area contributed by atoms with Crippen LogP contribution in [0.25, 0.3) is 0 Å². The number of carbonyl (C=O) groups excluding carboxylic acids is 1. The second kappa shape index (κ2) is 9.36. The Kier molecular flexibility index (Phi) is 8.85.